The van der Waals surface area contributed by atoms with Crippen LogP contribution < -0.4 is 10.6 Å². The summed E-state index contributed by atoms with van der Waals surface area (Å²) in [5.41, 5.74) is 1.83. The lowest BCUT2D eigenvalue weighted by Crippen LogP contribution is -2.38. The fraction of sp³-hybridized carbons (Fsp3) is 0.625. The van der Waals surface area contributed by atoms with E-state index >= 15 is 0 Å². The first-order valence-electron chi connectivity index (χ1n) is 7.84. The lowest BCUT2D eigenvalue weighted by Gasteiger charge is -2.23. The molecule has 1 aromatic heterocycles. The van der Waals surface area contributed by atoms with Crippen molar-refractivity contribution in [2.45, 2.75) is 31.7 Å². The lowest BCUT2D eigenvalue weighted by atomic mass is 9.99. The maximum absolute atomic E-state index is 12.3. The Labute approximate surface area is 125 Å². The summed E-state index contributed by atoms with van der Waals surface area (Å²) in [6.07, 6.45) is 7.53. The van der Waals surface area contributed by atoms with E-state index < -0.39 is 0 Å². The van der Waals surface area contributed by atoms with Gasteiger partial charge in [-0.3, -0.25) is 9.78 Å². The minimum atomic E-state index is -0.0132. The molecule has 0 radical (unpaired) electrons. The van der Waals surface area contributed by atoms with Crippen LogP contribution in [0.2, 0.25) is 0 Å². The number of hydrogen-bond donors (Lipinski definition) is 2. The molecule has 0 bridgehead atoms. The summed E-state index contributed by atoms with van der Waals surface area (Å²) < 4.78 is 5.31. The van der Waals surface area contributed by atoms with Crippen molar-refractivity contribution in [2.24, 2.45) is 5.92 Å². The number of nitrogens with one attached hydrogen (secondary N) is 2. The topological polar surface area (TPSA) is 63.2 Å². The highest BCUT2D eigenvalue weighted by molar-refractivity contribution is 5.94. The molecule has 0 saturated carbocycles. The molecule has 5 heteroatoms. The van der Waals surface area contributed by atoms with Gasteiger partial charge < -0.3 is 15.4 Å². The molecular formula is C16H23N3O2. The van der Waals surface area contributed by atoms with Crippen LogP contribution in [0, 0.1) is 5.92 Å². The smallest absolute Gasteiger partial charge is 0.253 e. The Bertz CT molecular complexity index is 480. The van der Waals surface area contributed by atoms with Gasteiger partial charge in [-0.2, -0.15) is 0 Å². The fourth-order valence-electron chi connectivity index (χ4n) is 3.06. The van der Waals surface area contributed by atoms with Crippen LogP contribution in [0.3, 0.4) is 0 Å². The molecule has 3 rings (SSSR count). The Morgan fingerprint density at radius 1 is 1.33 bits per heavy atom. The number of carbonyl (C=O) groups excluding carboxylic acids is 1. The third-order valence-corrected chi connectivity index (χ3v) is 4.30. The quantitative estimate of drug-likeness (QED) is 0.872. The maximum Gasteiger partial charge on any atom is 0.253 e. The number of rotatable bonds is 4. The third kappa shape index (κ3) is 4.02. The zero-order chi connectivity index (χ0) is 14.5. The SMILES string of the molecule is O=C(NC1CCOCC1)c1cncc(CC2CCNC2)c1. The Kier molecular flexibility index (Phi) is 4.83. The molecule has 1 atom stereocenters. The first-order chi connectivity index (χ1) is 10.3. The first-order valence-corrected chi connectivity index (χ1v) is 7.84. The number of carbonyl (C=O) groups is 1. The van der Waals surface area contributed by atoms with E-state index in [1.807, 2.05) is 12.3 Å². The van der Waals surface area contributed by atoms with Crippen molar-refractivity contribution in [3.05, 3.63) is 29.6 Å². The van der Waals surface area contributed by atoms with E-state index in [0.29, 0.717) is 11.5 Å². The van der Waals surface area contributed by atoms with E-state index in [0.717, 1.165) is 51.1 Å². The van der Waals surface area contributed by atoms with Crippen LogP contribution in [-0.4, -0.2) is 43.2 Å². The van der Waals surface area contributed by atoms with Crippen LogP contribution in [0.25, 0.3) is 0 Å². The van der Waals surface area contributed by atoms with Crippen LogP contribution in [0.4, 0.5) is 0 Å². The Balaban J connectivity index is 1.59. The van der Waals surface area contributed by atoms with Crippen molar-refractivity contribution in [3.63, 3.8) is 0 Å². The summed E-state index contributed by atoms with van der Waals surface area (Å²) in [5.74, 6) is 0.654. The summed E-state index contributed by atoms with van der Waals surface area (Å²) in [6, 6.07) is 2.22. The monoisotopic (exact) mass is 289 g/mol. The van der Waals surface area contributed by atoms with E-state index in [1.54, 1.807) is 6.20 Å². The summed E-state index contributed by atoms with van der Waals surface area (Å²) in [7, 11) is 0. The number of aromatic nitrogens is 1. The maximum atomic E-state index is 12.3. The molecular weight excluding hydrogens is 266 g/mol. The van der Waals surface area contributed by atoms with E-state index in [4.69, 9.17) is 4.74 Å². The third-order valence-electron chi connectivity index (χ3n) is 4.30. The molecule has 114 valence electrons. The van der Waals surface area contributed by atoms with Crippen molar-refractivity contribution in [1.82, 2.24) is 15.6 Å². The minimum Gasteiger partial charge on any atom is -0.381 e. The van der Waals surface area contributed by atoms with Gasteiger partial charge in [-0.05, 0) is 56.3 Å². The second-order valence-corrected chi connectivity index (χ2v) is 6.00. The molecule has 2 fully saturated rings. The molecule has 3 heterocycles. The van der Waals surface area contributed by atoms with Gasteiger partial charge in [0.2, 0.25) is 0 Å². The number of amides is 1. The van der Waals surface area contributed by atoms with Gasteiger partial charge >= 0.3 is 0 Å². The normalized spacial score (nSPS) is 23.1. The molecule has 2 aliphatic rings. The van der Waals surface area contributed by atoms with Crippen LogP contribution in [0.5, 0.6) is 0 Å². The van der Waals surface area contributed by atoms with Gasteiger partial charge in [0.1, 0.15) is 0 Å². The largest absolute Gasteiger partial charge is 0.381 e. The van der Waals surface area contributed by atoms with Crippen molar-refractivity contribution < 1.29 is 9.53 Å². The van der Waals surface area contributed by atoms with Crippen molar-refractivity contribution in [1.29, 1.82) is 0 Å². The molecule has 0 aliphatic carbocycles. The zero-order valence-corrected chi connectivity index (χ0v) is 12.3. The molecule has 2 aliphatic heterocycles. The molecule has 21 heavy (non-hydrogen) atoms. The van der Waals surface area contributed by atoms with Gasteiger partial charge in [0.25, 0.3) is 5.91 Å². The summed E-state index contributed by atoms with van der Waals surface area (Å²) >= 11 is 0. The van der Waals surface area contributed by atoms with Gasteiger partial charge in [0.05, 0.1) is 5.56 Å². The molecule has 1 aromatic rings. The van der Waals surface area contributed by atoms with Crippen LogP contribution in [0.15, 0.2) is 18.5 Å². The Morgan fingerprint density at radius 3 is 2.95 bits per heavy atom. The summed E-state index contributed by atoms with van der Waals surface area (Å²) in [4.78, 5) is 16.5. The molecule has 2 N–H and O–H groups in total. The average molecular weight is 289 g/mol. The minimum absolute atomic E-state index is 0.0132. The molecule has 1 amide bonds. The van der Waals surface area contributed by atoms with E-state index in [9.17, 15) is 4.79 Å². The summed E-state index contributed by atoms with van der Waals surface area (Å²) in [5, 5.41) is 6.46. The molecule has 0 aromatic carbocycles. The molecule has 5 nitrogen and oxygen atoms in total. The zero-order valence-electron chi connectivity index (χ0n) is 12.3. The standard InChI is InChI=1S/C16H23N3O2/c20-16(19-15-2-5-21-6-3-15)14-8-13(10-18-11-14)7-12-1-4-17-9-12/h8,10-12,15,17H,1-7,9H2,(H,19,20). The van der Waals surface area contributed by atoms with Crippen molar-refractivity contribution >= 4 is 5.91 Å². The number of nitrogens with zero attached hydrogens (tertiary/aromatic N) is 1. The Hall–Kier alpha value is -1.46. The predicted molar refractivity (Wildman–Crippen MR) is 80.2 cm³/mol. The average Bonchev–Trinajstić information content (AvgIpc) is 3.01. The van der Waals surface area contributed by atoms with Crippen LogP contribution in [-0.2, 0) is 11.2 Å². The molecule has 1 unspecified atom stereocenters. The first kappa shape index (κ1) is 14.5. The Morgan fingerprint density at radius 2 is 2.19 bits per heavy atom. The van der Waals surface area contributed by atoms with Crippen molar-refractivity contribution in [2.75, 3.05) is 26.3 Å². The van der Waals surface area contributed by atoms with E-state index in [2.05, 4.69) is 15.6 Å². The number of hydrogen-bond acceptors (Lipinski definition) is 4. The van der Waals surface area contributed by atoms with Gasteiger partial charge in [0.15, 0.2) is 0 Å². The number of pyridine rings is 1. The molecule has 2 saturated heterocycles. The summed E-state index contributed by atoms with van der Waals surface area (Å²) in [6.45, 7) is 3.64. The van der Waals surface area contributed by atoms with Gasteiger partial charge in [-0.25, -0.2) is 0 Å². The van der Waals surface area contributed by atoms with E-state index in [1.165, 1.54) is 6.42 Å². The molecule has 0 spiro atoms. The van der Waals surface area contributed by atoms with Crippen LogP contribution >= 0.6 is 0 Å². The van der Waals surface area contributed by atoms with Gasteiger partial charge in [-0.15, -0.1) is 0 Å². The van der Waals surface area contributed by atoms with Crippen LogP contribution in [0.1, 0.15) is 35.2 Å². The number of ether oxygens (including phenoxy) is 1. The lowest BCUT2D eigenvalue weighted by molar-refractivity contribution is 0.0696. The highest BCUT2D eigenvalue weighted by Crippen LogP contribution is 2.16. The highest BCUT2D eigenvalue weighted by Gasteiger charge is 2.19. The predicted octanol–water partition coefficient (Wildman–Crippen LogP) is 1.14. The fourth-order valence-corrected chi connectivity index (χ4v) is 3.06. The van der Waals surface area contributed by atoms with E-state index in [-0.39, 0.29) is 11.9 Å². The van der Waals surface area contributed by atoms with Gasteiger partial charge in [-0.1, -0.05) is 0 Å². The second-order valence-electron chi connectivity index (χ2n) is 6.00. The second kappa shape index (κ2) is 7.00. The highest BCUT2D eigenvalue weighted by atomic mass is 16.5. The van der Waals surface area contributed by atoms with Gasteiger partial charge in [0, 0.05) is 31.6 Å². The van der Waals surface area contributed by atoms with Crippen molar-refractivity contribution in [3.8, 4) is 0 Å².